The van der Waals surface area contributed by atoms with E-state index in [1.807, 2.05) is 6.07 Å². The van der Waals surface area contributed by atoms with E-state index >= 15 is 0 Å². The van der Waals surface area contributed by atoms with Crippen molar-refractivity contribution in [2.24, 2.45) is 5.11 Å². The van der Waals surface area contributed by atoms with Crippen LogP contribution in [0.5, 0.6) is 0 Å². The van der Waals surface area contributed by atoms with Crippen molar-refractivity contribution in [1.82, 2.24) is 0 Å². The highest BCUT2D eigenvalue weighted by Crippen LogP contribution is 2.24. The summed E-state index contributed by atoms with van der Waals surface area (Å²) >= 11 is 0. The first-order valence-electron chi connectivity index (χ1n) is 3.98. The van der Waals surface area contributed by atoms with Gasteiger partial charge in [-0.1, -0.05) is 17.2 Å². The first kappa shape index (κ1) is 7.83. The Morgan fingerprint density at radius 1 is 1.31 bits per heavy atom. The molecule has 2 rings (SSSR count). The second-order valence-electron chi connectivity index (χ2n) is 3.03. The minimum atomic E-state index is 0.230. The lowest BCUT2D eigenvalue weighted by Crippen LogP contribution is -1.92. The minimum Gasteiger partial charge on any atom is -0.299 e. The molecule has 13 heavy (non-hydrogen) atoms. The van der Waals surface area contributed by atoms with E-state index < -0.39 is 0 Å². The normalized spacial score (nSPS) is 13.7. The van der Waals surface area contributed by atoms with Crippen molar-refractivity contribution in [3.8, 4) is 0 Å². The molecule has 0 saturated heterocycles. The Balaban J connectivity index is 2.45. The maximum atomic E-state index is 11.1. The van der Waals surface area contributed by atoms with Crippen LogP contribution in [0, 0.1) is 0 Å². The van der Waals surface area contributed by atoms with Gasteiger partial charge in [-0.05, 0) is 22.7 Å². The van der Waals surface area contributed by atoms with Gasteiger partial charge < -0.3 is 0 Å². The quantitative estimate of drug-likeness (QED) is 0.365. The van der Waals surface area contributed by atoms with Crippen LogP contribution in [0.15, 0.2) is 23.3 Å². The van der Waals surface area contributed by atoms with E-state index in [-0.39, 0.29) is 5.78 Å². The summed E-state index contributed by atoms with van der Waals surface area (Å²) in [6.07, 6.45) is 0.996. The van der Waals surface area contributed by atoms with Gasteiger partial charge in [-0.3, -0.25) is 4.79 Å². The molecule has 0 unspecified atom stereocenters. The second kappa shape index (κ2) is 2.92. The Morgan fingerprint density at radius 2 is 2.08 bits per heavy atom. The largest absolute Gasteiger partial charge is 0.299 e. The van der Waals surface area contributed by atoms with Crippen molar-refractivity contribution in [2.75, 3.05) is 0 Å². The summed E-state index contributed by atoms with van der Waals surface area (Å²) in [6.45, 7) is 0. The van der Waals surface area contributed by atoms with Gasteiger partial charge in [0, 0.05) is 23.4 Å². The van der Waals surface area contributed by atoms with Gasteiger partial charge in [0.25, 0.3) is 0 Å². The molecule has 64 valence electrons. The molecule has 0 amide bonds. The summed E-state index contributed by atoms with van der Waals surface area (Å²) in [4.78, 5) is 13.8. The molecule has 1 aliphatic rings. The summed E-state index contributed by atoms with van der Waals surface area (Å²) in [5.41, 5.74) is 10.8. The molecule has 4 nitrogen and oxygen atoms in total. The molecule has 0 atom stereocenters. The lowest BCUT2D eigenvalue weighted by molar-refractivity contribution is -0.117. The monoisotopic (exact) mass is 173 g/mol. The van der Waals surface area contributed by atoms with Gasteiger partial charge in [-0.2, -0.15) is 0 Å². The van der Waals surface area contributed by atoms with Gasteiger partial charge in [-0.25, -0.2) is 0 Å². The van der Waals surface area contributed by atoms with Gasteiger partial charge in [0.15, 0.2) is 0 Å². The molecule has 0 bridgehead atoms. The molecule has 0 fully saturated rings. The van der Waals surface area contributed by atoms with Crippen LogP contribution in [0.1, 0.15) is 11.1 Å². The SMILES string of the molecule is [N-]=[N+]=Nc1ccc2c(c1)CC(=O)C2. The second-order valence-corrected chi connectivity index (χ2v) is 3.03. The van der Waals surface area contributed by atoms with E-state index in [1.165, 1.54) is 0 Å². The number of fused-ring (bicyclic) bond motifs is 1. The fraction of sp³-hybridized carbons (Fsp3) is 0.222. The van der Waals surface area contributed by atoms with Gasteiger partial charge in [0.2, 0.25) is 0 Å². The molecule has 0 N–H and O–H groups in total. The third kappa shape index (κ3) is 1.39. The zero-order valence-electron chi connectivity index (χ0n) is 6.90. The van der Waals surface area contributed by atoms with Crippen LogP contribution in [0.3, 0.4) is 0 Å². The lowest BCUT2D eigenvalue weighted by atomic mass is 10.1. The van der Waals surface area contributed by atoms with Crippen molar-refractivity contribution < 1.29 is 4.79 Å². The van der Waals surface area contributed by atoms with Crippen LogP contribution < -0.4 is 0 Å². The number of hydrogen-bond acceptors (Lipinski definition) is 2. The molecule has 1 aromatic rings. The lowest BCUT2D eigenvalue weighted by Gasteiger charge is -1.97. The summed E-state index contributed by atoms with van der Waals surface area (Å²) in [7, 11) is 0. The molecule has 1 aromatic carbocycles. The molecule has 0 aromatic heterocycles. The topological polar surface area (TPSA) is 65.8 Å². The molecule has 0 spiro atoms. The summed E-state index contributed by atoms with van der Waals surface area (Å²) < 4.78 is 0. The summed E-state index contributed by atoms with van der Waals surface area (Å²) in [5, 5.41) is 3.48. The molecular formula is C9H7N3O. The van der Waals surface area contributed by atoms with Crippen molar-refractivity contribution >= 4 is 11.5 Å². The van der Waals surface area contributed by atoms with E-state index in [9.17, 15) is 4.79 Å². The number of hydrogen-bond donors (Lipinski definition) is 0. The smallest absolute Gasteiger partial charge is 0.141 e. The predicted octanol–water partition coefficient (Wildman–Crippen LogP) is 2.30. The van der Waals surface area contributed by atoms with E-state index in [2.05, 4.69) is 10.0 Å². The molecule has 1 aliphatic carbocycles. The van der Waals surface area contributed by atoms with E-state index in [0.717, 1.165) is 11.1 Å². The Labute approximate surface area is 74.8 Å². The molecular weight excluding hydrogens is 166 g/mol. The van der Waals surface area contributed by atoms with Crippen LogP contribution in [0.2, 0.25) is 0 Å². The predicted molar refractivity (Wildman–Crippen MR) is 47.7 cm³/mol. The van der Waals surface area contributed by atoms with Crippen LogP contribution in [0.4, 0.5) is 5.69 Å². The Kier molecular flexibility index (Phi) is 1.76. The Bertz CT molecular complexity index is 419. The van der Waals surface area contributed by atoms with Crippen LogP contribution in [-0.4, -0.2) is 5.78 Å². The first-order valence-corrected chi connectivity index (χ1v) is 3.98. The Hall–Kier alpha value is -1.80. The highest BCUT2D eigenvalue weighted by molar-refractivity contribution is 5.88. The number of nitrogens with zero attached hydrogens (tertiary/aromatic N) is 3. The molecule has 0 saturated carbocycles. The standard InChI is InChI=1S/C9H7N3O/c10-12-11-8-2-1-6-4-9(13)5-7(6)3-8/h1-3H,4-5H2. The molecule has 4 heteroatoms. The zero-order valence-corrected chi connectivity index (χ0v) is 6.90. The number of carbonyl (C=O) groups is 1. The van der Waals surface area contributed by atoms with Crippen molar-refractivity contribution in [3.05, 3.63) is 39.8 Å². The fourth-order valence-electron chi connectivity index (χ4n) is 1.55. The number of Topliss-reactive ketones (excluding diaryl/α,β-unsaturated/α-hetero) is 1. The van der Waals surface area contributed by atoms with Gasteiger partial charge >= 0.3 is 0 Å². The van der Waals surface area contributed by atoms with Crippen LogP contribution in [0.25, 0.3) is 10.4 Å². The number of azide groups is 1. The van der Waals surface area contributed by atoms with Crippen LogP contribution >= 0.6 is 0 Å². The first-order chi connectivity index (χ1) is 6.29. The Morgan fingerprint density at radius 3 is 2.85 bits per heavy atom. The highest BCUT2D eigenvalue weighted by Gasteiger charge is 2.17. The van der Waals surface area contributed by atoms with Gasteiger partial charge in [-0.15, -0.1) is 0 Å². The number of rotatable bonds is 1. The van der Waals surface area contributed by atoms with E-state index in [4.69, 9.17) is 5.53 Å². The van der Waals surface area contributed by atoms with E-state index in [1.54, 1.807) is 12.1 Å². The average Bonchev–Trinajstić information content (AvgIpc) is 2.44. The van der Waals surface area contributed by atoms with Gasteiger partial charge in [0.1, 0.15) is 5.78 Å². The number of benzene rings is 1. The maximum Gasteiger partial charge on any atom is 0.141 e. The summed E-state index contributed by atoms with van der Waals surface area (Å²) in [6, 6.07) is 5.36. The minimum absolute atomic E-state index is 0.230. The van der Waals surface area contributed by atoms with Crippen molar-refractivity contribution in [3.63, 3.8) is 0 Å². The average molecular weight is 173 g/mol. The molecule has 0 aliphatic heterocycles. The third-order valence-corrected chi connectivity index (χ3v) is 2.13. The van der Waals surface area contributed by atoms with E-state index in [0.29, 0.717) is 18.5 Å². The maximum absolute atomic E-state index is 11.1. The van der Waals surface area contributed by atoms with Crippen LogP contribution in [-0.2, 0) is 17.6 Å². The third-order valence-electron chi connectivity index (χ3n) is 2.13. The highest BCUT2D eigenvalue weighted by atomic mass is 16.1. The fourth-order valence-corrected chi connectivity index (χ4v) is 1.55. The number of ketones is 1. The van der Waals surface area contributed by atoms with Gasteiger partial charge in [0.05, 0.1) is 0 Å². The van der Waals surface area contributed by atoms with Crippen molar-refractivity contribution in [1.29, 1.82) is 0 Å². The van der Waals surface area contributed by atoms with Crippen molar-refractivity contribution in [2.45, 2.75) is 12.8 Å². The zero-order chi connectivity index (χ0) is 9.26. The molecule has 0 radical (unpaired) electrons. The number of carbonyl (C=O) groups excluding carboxylic acids is 1. The summed E-state index contributed by atoms with van der Waals surface area (Å²) in [5.74, 6) is 0.230. The molecule has 0 heterocycles.